The lowest BCUT2D eigenvalue weighted by Gasteiger charge is -2.23. The first-order valence-corrected chi connectivity index (χ1v) is 10.6. The van der Waals surface area contributed by atoms with Gasteiger partial charge < -0.3 is 10.1 Å². The predicted octanol–water partition coefficient (Wildman–Crippen LogP) is 3.16. The summed E-state index contributed by atoms with van der Waals surface area (Å²) in [6.07, 6.45) is 0.913. The number of anilines is 2. The number of nitro benzene ring substituents is 1. The lowest BCUT2D eigenvalue weighted by Crippen LogP contribution is -2.37. The van der Waals surface area contributed by atoms with Crippen LogP contribution in [0.25, 0.3) is 10.8 Å². The first kappa shape index (κ1) is 21.1. The number of amides is 1. The fourth-order valence-electron chi connectivity index (χ4n) is 3.02. The fraction of sp³-hybridized carbons (Fsp3) is 0.150. The Bertz CT molecular complexity index is 1220. The molecule has 10 heteroatoms. The average Bonchev–Trinajstić information content (AvgIpc) is 2.71. The third-order valence-corrected chi connectivity index (χ3v) is 5.52. The van der Waals surface area contributed by atoms with E-state index in [9.17, 15) is 23.3 Å². The van der Waals surface area contributed by atoms with E-state index in [2.05, 4.69) is 5.32 Å². The van der Waals surface area contributed by atoms with Crippen molar-refractivity contribution in [1.82, 2.24) is 0 Å². The molecular weight excluding hydrogens is 410 g/mol. The van der Waals surface area contributed by atoms with Crippen molar-refractivity contribution in [3.05, 3.63) is 70.8 Å². The smallest absolute Gasteiger partial charge is 0.271 e. The van der Waals surface area contributed by atoms with E-state index in [1.54, 1.807) is 12.1 Å². The molecule has 1 amide bonds. The van der Waals surface area contributed by atoms with Gasteiger partial charge >= 0.3 is 0 Å². The largest absolute Gasteiger partial charge is 0.495 e. The van der Waals surface area contributed by atoms with Gasteiger partial charge in [0.25, 0.3) is 5.69 Å². The van der Waals surface area contributed by atoms with Gasteiger partial charge in [0.15, 0.2) is 0 Å². The summed E-state index contributed by atoms with van der Waals surface area (Å²) in [5.74, 6) is -0.519. The summed E-state index contributed by atoms with van der Waals surface area (Å²) in [4.78, 5) is 23.2. The molecule has 0 heterocycles. The Morgan fingerprint density at radius 1 is 1.13 bits per heavy atom. The molecule has 0 atom stereocenters. The number of nitrogens with one attached hydrogen (secondary N) is 1. The zero-order valence-electron chi connectivity index (χ0n) is 16.2. The minimum Gasteiger partial charge on any atom is -0.495 e. The molecule has 9 nitrogen and oxygen atoms in total. The SMILES string of the molecule is COc1ccc([N+](=O)[O-])cc1N(CC(=O)Nc1cccc2ccccc12)S(C)(=O)=O. The van der Waals surface area contributed by atoms with Gasteiger partial charge in [-0.25, -0.2) is 8.42 Å². The Hall–Kier alpha value is -3.66. The third kappa shape index (κ3) is 4.49. The highest BCUT2D eigenvalue weighted by Gasteiger charge is 2.26. The highest BCUT2D eigenvalue weighted by atomic mass is 32.2. The van der Waals surface area contributed by atoms with E-state index >= 15 is 0 Å². The van der Waals surface area contributed by atoms with Gasteiger partial charge in [0.05, 0.1) is 18.3 Å². The lowest BCUT2D eigenvalue weighted by atomic mass is 10.1. The van der Waals surface area contributed by atoms with Crippen LogP contribution in [0.4, 0.5) is 17.1 Å². The molecular formula is C20H19N3O6S. The number of carbonyl (C=O) groups excluding carboxylic acids is 1. The minimum absolute atomic E-state index is 0.0870. The molecule has 0 spiro atoms. The Balaban J connectivity index is 1.96. The topological polar surface area (TPSA) is 119 Å². The number of benzene rings is 3. The molecule has 156 valence electrons. The van der Waals surface area contributed by atoms with Gasteiger partial charge in [0.1, 0.15) is 18.0 Å². The predicted molar refractivity (Wildman–Crippen MR) is 114 cm³/mol. The van der Waals surface area contributed by atoms with Gasteiger partial charge in [0, 0.05) is 23.2 Å². The van der Waals surface area contributed by atoms with Crippen molar-refractivity contribution in [2.45, 2.75) is 0 Å². The van der Waals surface area contributed by atoms with Gasteiger partial charge in [-0.1, -0.05) is 36.4 Å². The van der Waals surface area contributed by atoms with Crippen LogP contribution in [0.3, 0.4) is 0 Å². The van der Waals surface area contributed by atoms with Crippen LogP contribution in [-0.4, -0.2) is 39.2 Å². The van der Waals surface area contributed by atoms with E-state index in [-0.39, 0.29) is 17.1 Å². The monoisotopic (exact) mass is 429 g/mol. The molecule has 0 fully saturated rings. The van der Waals surface area contributed by atoms with Gasteiger partial charge in [0.2, 0.25) is 15.9 Å². The molecule has 30 heavy (non-hydrogen) atoms. The first-order chi connectivity index (χ1) is 14.2. The second-order valence-electron chi connectivity index (χ2n) is 6.46. The first-order valence-electron chi connectivity index (χ1n) is 8.78. The van der Waals surface area contributed by atoms with E-state index in [0.29, 0.717) is 5.69 Å². The molecule has 0 aliphatic heterocycles. The molecule has 3 aromatic carbocycles. The van der Waals surface area contributed by atoms with E-state index in [4.69, 9.17) is 4.74 Å². The lowest BCUT2D eigenvalue weighted by molar-refractivity contribution is -0.384. The van der Waals surface area contributed by atoms with E-state index in [0.717, 1.165) is 27.4 Å². The van der Waals surface area contributed by atoms with Crippen LogP contribution in [-0.2, 0) is 14.8 Å². The maximum Gasteiger partial charge on any atom is 0.271 e. The van der Waals surface area contributed by atoms with Crippen molar-refractivity contribution in [2.75, 3.05) is 29.5 Å². The summed E-state index contributed by atoms with van der Waals surface area (Å²) >= 11 is 0. The average molecular weight is 429 g/mol. The summed E-state index contributed by atoms with van der Waals surface area (Å²) in [6.45, 7) is -0.584. The van der Waals surface area contributed by atoms with Crippen molar-refractivity contribution in [3.8, 4) is 5.75 Å². The molecule has 0 saturated carbocycles. The molecule has 0 unspecified atom stereocenters. The number of non-ortho nitro benzene ring substituents is 1. The Morgan fingerprint density at radius 2 is 1.83 bits per heavy atom. The number of fused-ring (bicyclic) bond motifs is 1. The number of ether oxygens (including phenoxy) is 1. The maximum atomic E-state index is 12.7. The quantitative estimate of drug-likeness (QED) is 0.455. The standard InChI is InChI=1S/C20H19N3O6S/c1-29-19-11-10-15(23(25)26)12-18(19)22(30(2,27)28)13-20(24)21-17-9-5-7-14-6-3-4-8-16(14)17/h3-12H,13H2,1-2H3,(H,21,24). The number of methoxy groups -OCH3 is 1. The molecule has 0 saturated heterocycles. The molecule has 3 rings (SSSR count). The highest BCUT2D eigenvalue weighted by molar-refractivity contribution is 7.92. The van der Waals surface area contributed by atoms with Gasteiger partial charge in [-0.05, 0) is 17.5 Å². The van der Waals surface area contributed by atoms with Crippen LogP contribution in [0, 0.1) is 10.1 Å². The summed E-state index contributed by atoms with van der Waals surface area (Å²) in [7, 11) is -2.65. The maximum absolute atomic E-state index is 12.7. The number of nitrogens with zero attached hydrogens (tertiary/aromatic N) is 2. The number of hydrogen-bond acceptors (Lipinski definition) is 6. The summed E-state index contributed by atoms with van der Waals surface area (Å²) in [6, 6.07) is 16.3. The second-order valence-corrected chi connectivity index (χ2v) is 8.36. The molecule has 0 aromatic heterocycles. The van der Waals surface area contributed by atoms with Crippen molar-refractivity contribution < 1.29 is 22.9 Å². The highest BCUT2D eigenvalue weighted by Crippen LogP contribution is 2.33. The molecule has 0 bridgehead atoms. The molecule has 0 aliphatic carbocycles. The Labute approximate surface area is 173 Å². The van der Waals surface area contributed by atoms with Gasteiger partial charge in [-0.3, -0.25) is 19.2 Å². The fourth-order valence-corrected chi connectivity index (χ4v) is 3.87. The number of hydrogen-bond donors (Lipinski definition) is 1. The van der Waals surface area contributed by atoms with Crippen LogP contribution < -0.4 is 14.4 Å². The van der Waals surface area contributed by atoms with Crippen molar-refractivity contribution in [2.24, 2.45) is 0 Å². The van der Waals surface area contributed by atoms with Gasteiger partial charge in [-0.15, -0.1) is 0 Å². The molecule has 0 radical (unpaired) electrons. The molecule has 0 aliphatic rings. The van der Waals surface area contributed by atoms with E-state index in [1.165, 1.54) is 19.2 Å². The van der Waals surface area contributed by atoms with E-state index in [1.807, 2.05) is 30.3 Å². The number of rotatable bonds is 7. The summed E-state index contributed by atoms with van der Waals surface area (Å²) < 4.78 is 30.7. The molecule has 3 aromatic rings. The molecule has 1 N–H and O–H groups in total. The van der Waals surface area contributed by atoms with Crippen molar-refractivity contribution in [1.29, 1.82) is 0 Å². The third-order valence-electron chi connectivity index (χ3n) is 4.39. The summed E-state index contributed by atoms with van der Waals surface area (Å²) in [5, 5.41) is 15.6. The number of nitro groups is 1. The van der Waals surface area contributed by atoms with Crippen molar-refractivity contribution in [3.63, 3.8) is 0 Å². The Morgan fingerprint density at radius 3 is 2.50 bits per heavy atom. The van der Waals surface area contributed by atoms with Crippen LogP contribution in [0.2, 0.25) is 0 Å². The zero-order chi connectivity index (χ0) is 21.9. The Kier molecular flexibility index (Phi) is 5.88. The van der Waals surface area contributed by atoms with E-state index < -0.39 is 27.4 Å². The number of sulfonamides is 1. The summed E-state index contributed by atoms with van der Waals surface area (Å²) in [5.41, 5.74) is 0.105. The van der Waals surface area contributed by atoms with Crippen LogP contribution in [0.5, 0.6) is 5.75 Å². The zero-order valence-corrected chi connectivity index (χ0v) is 17.0. The van der Waals surface area contributed by atoms with Crippen LogP contribution in [0.15, 0.2) is 60.7 Å². The second kappa shape index (κ2) is 8.37. The van der Waals surface area contributed by atoms with Gasteiger partial charge in [-0.2, -0.15) is 0 Å². The van der Waals surface area contributed by atoms with Crippen LogP contribution in [0.1, 0.15) is 0 Å². The van der Waals surface area contributed by atoms with Crippen molar-refractivity contribution >= 4 is 43.8 Å². The van der Waals surface area contributed by atoms with Crippen LogP contribution >= 0.6 is 0 Å². The number of carbonyl (C=O) groups is 1. The minimum atomic E-state index is -3.95. The normalized spacial score (nSPS) is 11.1.